The van der Waals surface area contributed by atoms with Crippen LogP contribution in [0.2, 0.25) is 5.02 Å². The Labute approximate surface area is 148 Å². The molecule has 0 fully saturated rings. The first-order valence-electron chi connectivity index (χ1n) is 7.38. The van der Waals surface area contributed by atoms with Crippen LogP contribution < -0.4 is 15.6 Å². The first-order valence-corrected chi connectivity index (χ1v) is 7.76. The van der Waals surface area contributed by atoms with Crippen LogP contribution in [0.15, 0.2) is 65.7 Å². The summed E-state index contributed by atoms with van der Waals surface area (Å²) in [6.45, 7) is 0. The maximum Gasteiger partial charge on any atom is 0.298 e. The van der Waals surface area contributed by atoms with Crippen molar-refractivity contribution in [1.29, 1.82) is 0 Å². The van der Waals surface area contributed by atoms with Crippen molar-refractivity contribution in [3.05, 3.63) is 81.9 Å². The van der Waals surface area contributed by atoms with Gasteiger partial charge in [0.2, 0.25) is 0 Å². The fourth-order valence-corrected chi connectivity index (χ4v) is 2.42. The van der Waals surface area contributed by atoms with E-state index in [1.54, 1.807) is 48.5 Å². The standard InChI is InChI=1S/C18H14ClN3O3/c1-25-15-5-3-2-4-14(15)22-11-10-20-16(18(22)24)21-17(23)12-6-8-13(19)9-7-12/h2-11H,1H3,(H,20,21,23). The van der Waals surface area contributed by atoms with Crippen molar-refractivity contribution in [2.24, 2.45) is 0 Å². The van der Waals surface area contributed by atoms with Gasteiger partial charge in [-0.3, -0.25) is 14.2 Å². The molecular weight excluding hydrogens is 342 g/mol. The smallest absolute Gasteiger partial charge is 0.298 e. The molecule has 0 saturated heterocycles. The number of halogens is 1. The van der Waals surface area contributed by atoms with Crippen LogP contribution >= 0.6 is 11.6 Å². The fourth-order valence-electron chi connectivity index (χ4n) is 2.30. The molecular formula is C18H14ClN3O3. The van der Waals surface area contributed by atoms with E-state index in [9.17, 15) is 9.59 Å². The van der Waals surface area contributed by atoms with Gasteiger partial charge in [0.1, 0.15) is 5.75 Å². The van der Waals surface area contributed by atoms with E-state index in [1.165, 1.54) is 24.1 Å². The van der Waals surface area contributed by atoms with Crippen LogP contribution in [-0.2, 0) is 0 Å². The van der Waals surface area contributed by atoms with Crippen LogP contribution in [0.5, 0.6) is 5.75 Å². The van der Waals surface area contributed by atoms with Crippen molar-refractivity contribution in [2.45, 2.75) is 0 Å². The van der Waals surface area contributed by atoms with Crippen molar-refractivity contribution >= 4 is 23.3 Å². The zero-order valence-corrected chi connectivity index (χ0v) is 14.0. The van der Waals surface area contributed by atoms with Crippen molar-refractivity contribution in [2.75, 3.05) is 12.4 Å². The molecule has 126 valence electrons. The van der Waals surface area contributed by atoms with Crippen LogP contribution in [-0.4, -0.2) is 22.6 Å². The molecule has 0 bridgehead atoms. The molecule has 0 aliphatic heterocycles. The SMILES string of the molecule is COc1ccccc1-n1ccnc(NC(=O)c2ccc(Cl)cc2)c1=O. The summed E-state index contributed by atoms with van der Waals surface area (Å²) in [4.78, 5) is 28.9. The lowest BCUT2D eigenvalue weighted by molar-refractivity contribution is 0.102. The van der Waals surface area contributed by atoms with Crippen LogP contribution in [0, 0.1) is 0 Å². The van der Waals surface area contributed by atoms with Gasteiger partial charge in [-0.15, -0.1) is 0 Å². The van der Waals surface area contributed by atoms with Crippen LogP contribution in [0.4, 0.5) is 5.82 Å². The summed E-state index contributed by atoms with van der Waals surface area (Å²) in [5, 5.41) is 3.05. The number of rotatable bonds is 4. The highest BCUT2D eigenvalue weighted by Crippen LogP contribution is 2.20. The number of methoxy groups -OCH3 is 1. The summed E-state index contributed by atoms with van der Waals surface area (Å²) in [5.41, 5.74) is 0.465. The van der Waals surface area contributed by atoms with Crippen molar-refractivity contribution in [3.8, 4) is 11.4 Å². The summed E-state index contributed by atoms with van der Waals surface area (Å²) in [6.07, 6.45) is 2.95. The highest BCUT2D eigenvalue weighted by molar-refractivity contribution is 6.30. The second-order valence-corrected chi connectivity index (χ2v) is 5.52. The lowest BCUT2D eigenvalue weighted by Gasteiger charge is -2.11. The van der Waals surface area contributed by atoms with Gasteiger partial charge in [-0.2, -0.15) is 0 Å². The topological polar surface area (TPSA) is 73.2 Å². The summed E-state index contributed by atoms with van der Waals surface area (Å²) >= 11 is 5.81. The molecule has 1 N–H and O–H groups in total. The van der Waals surface area contributed by atoms with Crippen LogP contribution in [0.3, 0.4) is 0 Å². The monoisotopic (exact) mass is 355 g/mol. The van der Waals surface area contributed by atoms with Gasteiger partial charge in [-0.05, 0) is 36.4 Å². The van der Waals surface area contributed by atoms with E-state index in [1.807, 2.05) is 0 Å². The Bertz CT molecular complexity index is 968. The lowest BCUT2D eigenvalue weighted by Crippen LogP contribution is -2.26. The zero-order chi connectivity index (χ0) is 17.8. The van der Waals surface area contributed by atoms with E-state index in [0.717, 1.165) is 0 Å². The van der Waals surface area contributed by atoms with Gasteiger partial charge >= 0.3 is 0 Å². The maximum absolute atomic E-state index is 12.7. The number of nitrogens with one attached hydrogen (secondary N) is 1. The predicted octanol–water partition coefficient (Wildman–Crippen LogP) is 3.15. The van der Waals surface area contributed by atoms with Crippen molar-refractivity contribution in [1.82, 2.24) is 9.55 Å². The summed E-state index contributed by atoms with van der Waals surface area (Å²) < 4.78 is 6.64. The number of hydrogen-bond donors (Lipinski definition) is 1. The van der Waals surface area contributed by atoms with Crippen LogP contribution in [0.25, 0.3) is 5.69 Å². The molecule has 0 unspecified atom stereocenters. The number of aromatic nitrogens is 2. The molecule has 1 heterocycles. The predicted molar refractivity (Wildman–Crippen MR) is 95.8 cm³/mol. The third-order valence-corrected chi connectivity index (χ3v) is 3.78. The molecule has 0 saturated carbocycles. The average molecular weight is 356 g/mol. The lowest BCUT2D eigenvalue weighted by atomic mass is 10.2. The number of nitrogens with zero attached hydrogens (tertiary/aromatic N) is 2. The molecule has 1 amide bonds. The highest BCUT2D eigenvalue weighted by atomic mass is 35.5. The van der Waals surface area contributed by atoms with Gasteiger partial charge in [-0.25, -0.2) is 4.98 Å². The van der Waals surface area contributed by atoms with E-state index >= 15 is 0 Å². The Morgan fingerprint density at radius 2 is 1.88 bits per heavy atom. The maximum atomic E-state index is 12.7. The molecule has 0 aliphatic rings. The van der Waals surface area contributed by atoms with E-state index < -0.39 is 11.5 Å². The van der Waals surface area contributed by atoms with Crippen LogP contribution in [0.1, 0.15) is 10.4 Å². The number of benzene rings is 2. The minimum atomic E-state index is -0.464. The normalized spacial score (nSPS) is 10.3. The first-order chi connectivity index (χ1) is 12.1. The number of hydrogen-bond acceptors (Lipinski definition) is 4. The minimum absolute atomic E-state index is 0.0756. The number of amides is 1. The highest BCUT2D eigenvalue weighted by Gasteiger charge is 2.13. The second-order valence-electron chi connectivity index (χ2n) is 5.08. The Kier molecular flexibility index (Phi) is 4.81. The van der Waals surface area contributed by atoms with Gasteiger partial charge in [0, 0.05) is 23.0 Å². The number of ether oxygens (including phenoxy) is 1. The van der Waals surface area contributed by atoms with Gasteiger partial charge in [0.05, 0.1) is 12.8 Å². The van der Waals surface area contributed by atoms with Gasteiger partial charge in [-0.1, -0.05) is 23.7 Å². The van der Waals surface area contributed by atoms with Crippen molar-refractivity contribution in [3.63, 3.8) is 0 Å². The Hall–Kier alpha value is -3.12. The number of carbonyl (C=O) groups is 1. The molecule has 0 spiro atoms. The number of carbonyl (C=O) groups excluding carboxylic acids is 1. The van der Waals surface area contributed by atoms with E-state index in [4.69, 9.17) is 16.3 Å². The third-order valence-electron chi connectivity index (χ3n) is 3.52. The Balaban J connectivity index is 1.95. The van der Waals surface area contributed by atoms with E-state index in [2.05, 4.69) is 10.3 Å². The Morgan fingerprint density at radius 3 is 2.60 bits per heavy atom. The minimum Gasteiger partial charge on any atom is -0.495 e. The summed E-state index contributed by atoms with van der Waals surface area (Å²) in [7, 11) is 1.52. The zero-order valence-electron chi connectivity index (χ0n) is 13.3. The van der Waals surface area contributed by atoms with E-state index in [0.29, 0.717) is 22.0 Å². The molecule has 3 rings (SSSR count). The van der Waals surface area contributed by atoms with E-state index in [-0.39, 0.29) is 5.82 Å². The molecule has 1 aromatic heterocycles. The van der Waals surface area contributed by atoms with Gasteiger partial charge < -0.3 is 10.1 Å². The molecule has 0 atom stereocenters. The average Bonchev–Trinajstić information content (AvgIpc) is 2.64. The van der Waals surface area contributed by atoms with Gasteiger partial charge in [0.15, 0.2) is 5.82 Å². The third kappa shape index (κ3) is 3.54. The first kappa shape index (κ1) is 16.7. The molecule has 3 aromatic rings. The molecule has 7 heteroatoms. The molecule has 25 heavy (non-hydrogen) atoms. The largest absolute Gasteiger partial charge is 0.495 e. The number of para-hydroxylation sites is 2. The fraction of sp³-hybridized carbons (Fsp3) is 0.0556. The molecule has 0 radical (unpaired) electrons. The molecule has 0 aliphatic carbocycles. The van der Waals surface area contributed by atoms with Crippen molar-refractivity contribution < 1.29 is 9.53 Å². The molecule has 6 nitrogen and oxygen atoms in total. The van der Waals surface area contributed by atoms with Gasteiger partial charge in [0.25, 0.3) is 11.5 Å². The summed E-state index contributed by atoms with van der Waals surface area (Å²) in [6, 6.07) is 13.4. The number of anilines is 1. The second kappa shape index (κ2) is 7.19. The molecule has 2 aromatic carbocycles. The quantitative estimate of drug-likeness (QED) is 0.780. The Morgan fingerprint density at radius 1 is 1.16 bits per heavy atom. The summed E-state index contributed by atoms with van der Waals surface area (Å²) in [5.74, 6) is 0.0122.